The second-order valence-electron chi connectivity index (χ2n) is 7.35. The molecule has 9 heteroatoms. The molecule has 3 aromatic carbocycles. The van der Waals surface area contributed by atoms with Gasteiger partial charge in [0, 0.05) is 15.6 Å². The van der Waals surface area contributed by atoms with Crippen LogP contribution in [0, 0.1) is 6.92 Å². The molecule has 2 amide bonds. The monoisotopic (exact) mass is 521 g/mol. The maximum absolute atomic E-state index is 12.9. The molecule has 4 rings (SSSR count). The quantitative estimate of drug-likeness (QED) is 0.257. The summed E-state index contributed by atoms with van der Waals surface area (Å²) in [7, 11) is 0. The first-order valence-electron chi connectivity index (χ1n) is 10.2. The van der Waals surface area contributed by atoms with Crippen LogP contribution in [0.15, 0.2) is 75.9 Å². The lowest BCUT2D eigenvalue weighted by Gasteiger charge is -2.10. The van der Waals surface area contributed by atoms with Crippen LogP contribution in [0.4, 0.5) is 0 Å². The van der Waals surface area contributed by atoms with Crippen molar-refractivity contribution in [3.05, 3.63) is 93.1 Å². The first kappa shape index (κ1) is 23.1. The van der Waals surface area contributed by atoms with E-state index in [0.29, 0.717) is 33.8 Å². The minimum Gasteiger partial charge on any atom is -0.507 e. The summed E-state index contributed by atoms with van der Waals surface area (Å²) in [5, 5.41) is 16.8. The number of carbonyl (C=O) groups excluding carboxylic acids is 2. The molecule has 1 aliphatic rings. The highest BCUT2D eigenvalue weighted by atomic mass is 79.9. The van der Waals surface area contributed by atoms with Gasteiger partial charge in [-0.2, -0.15) is 5.10 Å². The van der Waals surface area contributed by atoms with Crippen LogP contribution in [0.2, 0.25) is 0 Å². The van der Waals surface area contributed by atoms with E-state index >= 15 is 0 Å². The normalized spacial score (nSPS) is 12.6. The largest absolute Gasteiger partial charge is 0.507 e. The second kappa shape index (κ2) is 10.2. The van der Waals surface area contributed by atoms with Gasteiger partial charge in [-0.05, 0) is 60.5 Å². The maximum atomic E-state index is 12.9. The van der Waals surface area contributed by atoms with E-state index in [1.165, 1.54) is 12.3 Å². The Labute approximate surface area is 204 Å². The van der Waals surface area contributed by atoms with E-state index in [-0.39, 0.29) is 18.2 Å². The first-order chi connectivity index (χ1) is 16.4. The SMILES string of the molecule is Cc1cc(Br)cc(/C=N/NC(=O)/C(=C/c2ccc3c(c2)OCO3)NC(=O)c2ccccc2)c1O. The number of aromatic hydroxyl groups is 1. The third-order valence-electron chi connectivity index (χ3n) is 4.90. The molecule has 0 atom stereocenters. The number of ether oxygens (including phenoxy) is 2. The van der Waals surface area contributed by atoms with E-state index in [0.717, 1.165) is 4.47 Å². The lowest BCUT2D eigenvalue weighted by molar-refractivity contribution is -0.117. The van der Waals surface area contributed by atoms with Crippen molar-refractivity contribution in [2.24, 2.45) is 5.10 Å². The van der Waals surface area contributed by atoms with Crippen molar-refractivity contribution < 1.29 is 24.2 Å². The molecule has 1 aliphatic heterocycles. The Morgan fingerprint density at radius 3 is 2.62 bits per heavy atom. The average Bonchev–Trinajstić information content (AvgIpc) is 3.30. The average molecular weight is 522 g/mol. The van der Waals surface area contributed by atoms with Crippen molar-refractivity contribution in [1.82, 2.24) is 10.7 Å². The molecule has 34 heavy (non-hydrogen) atoms. The minimum absolute atomic E-state index is 0.0282. The number of phenols is 1. The summed E-state index contributed by atoms with van der Waals surface area (Å²) >= 11 is 3.36. The van der Waals surface area contributed by atoms with E-state index in [1.807, 2.05) is 0 Å². The number of nitrogens with one attached hydrogen (secondary N) is 2. The number of hydrogen-bond donors (Lipinski definition) is 3. The molecule has 8 nitrogen and oxygen atoms in total. The van der Waals surface area contributed by atoms with Crippen LogP contribution in [0.3, 0.4) is 0 Å². The number of amides is 2. The molecular weight excluding hydrogens is 502 g/mol. The number of rotatable bonds is 6. The Morgan fingerprint density at radius 2 is 1.82 bits per heavy atom. The van der Waals surface area contributed by atoms with E-state index in [9.17, 15) is 14.7 Å². The molecule has 0 aromatic heterocycles. The Balaban J connectivity index is 1.58. The predicted octanol–water partition coefficient (Wildman–Crippen LogP) is 4.11. The van der Waals surface area contributed by atoms with Gasteiger partial charge in [0.15, 0.2) is 11.5 Å². The van der Waals surface area contributed by atoms with E-state index in [1.54, 1.807) is 67.6 Å². The first-order valence-corrected chi connectivity index (χ1v) is 11.0. The van der Waals surface area contributed by atoms with Crippen LogP contribution in [0.1, 0.15) is 27.0 Å². The number of phenolic OH excluding ortho intramolecular Hbond substituents is 1. The number of benzene rings is 3. The molecule has 172 valence electrons. The zero-order chi connectivity index (χ0) is 24.1. The molecule has 0 radical (unpaired) electrons. The number of fused-ring (bicyclic) bond motifs is 1. The Kier molecular flexibility index (Phi) is 6.93. The number of hydrogen-bond acceptors (Lipinski definition) is 6. The molecular formula is C25H20BrN3O5. The molecule has 0 saturated carbocycles. The molecule has 0 aliphatic carbocycles. The fourth-order valence-electron chi connectivity index (χ4n) is 3.19. The molecule has 0 spiro atoms. The summed E-state index contributed by atoms with van der Waals surface area (Å²) in [5.41, 5.74) is 4.45. The van der Waals surface area contributed by atoms with Gasteiger partial charge in [0.05, 0.1) is 6.21 Å². The highest BCUT2D eigenvalue weighted by Gasteiger charge is 2.17. The molecule has 0 unspecified atom stereocenters. The summed E-state index contributed by atoms with van der Waals surface area (Å²) in [6.45, 7) is 1.87. The molecule has 0 bridgehead atoms. The highest BCUT2D eigenvalue weighted by Crippen LogP contribution is 2.33. The van der Waals surface area contributed by atoms with Crippen molar-refractivity contribution in [3.8, 4) is 17.2 Å². The number of nitrogens with zero attached hydrogens (tertiary/aromatic N) is 1. The zero-order valence-electron chi connectivity index (χ0n) is 18.0. The van der Waals surface area contributed by atoms with Gasteiger partial charge in [-0.15, -0.1) is 0 Å². The summed E-state index contributed by atoms with van der Waals surface area (Å²) in [5.74, 6) is 0.0951. The topological polar surface area (TPSA) is 109 Å². The lowest BCUT2D eigenvalue weighted by Crippen LogP contribution is -2.32. The summed E-state index contributed by atoms with van der Waals surface area (Å²) in [6, 6.07) is 17.1. The van der Waals surface area contributed by atoms with Crippen LogP contribution in [-0.2, 0) is 4.79 Å². The lowest BCUT2D eigenvalue weighted by atomic mass is 10.1. The van der Waals surface area contributed by atoms with Crippen molar-refractivity contribution in [3.63, 3.8) is 0 Å². The van der Waals surface area contributed by atoms with Gasteiger partial charge >= 0.3 is 0 Å². The molecule has 0 fully saturated rings. The highest BCUT2D eigenvalue weighted by molar-refractivity contribution is 9.10. The van der Waals surface area contributed by atoms with Crippen molar-refractivity contribution in [2.45, 2.75) is 6.92 Å². The Morgan fingerprint density at radius 1 is 1.06 bits per heavy atom. The fourth-order valence-corrected chi connectivity index (χ4v) is 3.78. The summed E-state index contributed by atoms with van der Waals surface area (Å²) in [4.78, 5) is 25.6. The predicted molar refractivity (Wildman–Crippen MR) is 131 cm³/mol. The van der Waals surface area contributed by atoms with Gasteiger partial charge in [-0.3, -0.25) is 9.59 Å². The summed E-state index contributed by atoms with van der Waals surface area (Å²) in [6.07, 6.45) is 2.83. The maximum Gasteiger partial charge on any atom is 0.287 e. The van der Waals surface area contributed by atoms with Gasteiger partial charge < -0.3 is 19.9 Å². The summed E-state index contributed by atoms with van der Waals surface area (Å²) < 4.78 is 11.5. The van der Waals surface area contributed by atoms with Crippen LogP contribution < -0.4 is 20.2 Å². The van der Waals surface area contributed by atoms with Gasteiger partial charge in [0.2, 0.25) is 6.79 Å². The van der Waals surface area contributed by atoms with E-state index < -0.39 is 11.8 Å². The number of halogens is 1. The molecule has 3 aromatic rings. The van der Waals surface area contributed by atoms with E-state index in [4.69, 9.17) is 9.47 Å². The third-order valence-corrected chi connectivity index (χ3v) is 5.36. The molecule has 3 N–H and O–H groups in total. The smallest absolute Gasteiger partial charge is 0.287 e. The third kappa shape index (κ3) is 5.44. The Hall–Kier alpha value is -4.11. The van der Waals surface area contributed by atoms with Crippen molar-refractivity contribution in [1.29, 1.82) is 0 Å². The second-order valence-corrected chi connectivity index (χ2v) is 8.27. The number of hydrazone groups is 1. The van der Waals surface area contributed by atoms with Crippen LogP contribution >= 0.6 is 15.9 Å². The standard InChI is InChI=1S/C25H20BrN3O5/c1-15-9-19(26)12-18(23(15)30)13-27-29-25(32)20(28-24(31)17-5-3-2-4-6-17)10-16-7-8-21-22(11-16)34-14-33-21/h2-13,30H,14H2,1H3,(H,28,31)(H,29,32)/b20-10-,27-13+. The van der Waals surface area contributed by atoms with Gasteiger partial charge in [0.25, 0.3) is 11.8 Å². The van der Waals surface area contributed by atoms with Gasteiger partial charge in [-0.1, -0.05) is 40.2 Å². The van der Waals surface area contributed by atoms with Crippen LogP contribution in [0.25, 0.3) is 6.08 Å². The fraction of sp³-hybridized carbons (Fsp3) is 0.0800. The van der Waals surface area contributed by atoms with Gasteiger partial charge in [0.1, 0.15) is 11.4 Å². The van der Waals surface area contributed by atoms with E-state index in [2.05, 4.69) is 31.8 Å². The number of aryl methyl sites for hydroxylation is 1. The number of carbonyl (C=O) groups is 2. The Bertz CT molecular complexity index is 1310. The van der Waals surface area contributed by atoms with Crippen molar-refractivity contribution in [2.75, 3.05) is 6.79 Å². The van der Waals surface area contributed by atoms with Gasteiger partial charge in [-0.25, -0.2) is 5.43 Å². The molecule has 0 saturated heterocycles. The molecule has 1 heterocycles. The minimum atomic E-state index is -0.649. The van der Waals surface area contributed by atoms with Crippen molar-refractivity contribution >= 4 is 40.0 Å². The zero-order valence-corrected chi connectivity index (χ0v) is 19.6. The van der Waals surface area contributed by atoms with Crippen LogP contribution in [-0.4, -0.2) is 29.9 Å². The van der Waals surface area contributed by atoms with Crippen LogP contribution in [0.5, 0.6) is 17.2 Å².